The Bertz CT molecular complexity index is 672. The van der Waals surface area contributed by atoms with Gasteiger partial charge in [0.1, 0.15) is 13.1 Å². The monoisotopic (exact) mass is 310 g/mol. The second-order valence-electron chi connectivity index (χ2n) is 8.44. The summed E-state index contributed by atoms with van der Waals surface area (Å²) in [5.74, 6) is 0. The van der Waals surface area contributed by atoms with Crippen LogP contribution >= 0.6 is 0 Å². The fourth-order valence-electron chi connectivity index (χ4n) is 4.96. The first kappa shape index (κ1) is 15.2. The largest absolute Gasteiger partial charge is 0.326 e. The van der Waals surface area contributed by atoms with Crippen molar-refractivity contribution in [3.63, 3.8) is 0 Å². The molecule has 4 rings (SSSR count). The van der Waals surface area contributed by atoms with Gasteiger partial charge in [0.15, 0.2) is 0 Å². The summed E-state index contributed by atoms with van der Waals surface area (Å²) < 4.78 is 2.49. The molecular formula is C21H30N2+2. The lowest BCUT2D eigenvalue weighted by atomic mass is 9.94. The standard InChI is InChI=1S/C21H30N2/c1-22(12-3-4-13-22)14-7-15-23(2)16-19-10-5-8-18-9-6-11-20(17-23)21(18)19/h5-6,8-11H,3-4,7,12-17H2,1-2H3/q+2. The zero-order valence-electron chi connectivity index (χ0n) is 14.7. The van der Waals surface area contributed by atoms with Crippen LogP contribution in [0.1, 0.15) is 30.4 Å². The smallest absolute Gasteiger partial charge is 0.105 e. The molecule has 0 N–H and O–H groups in total. The third-order valence-electron chi connectivity index (χ3n) is 6.22. The van der Waals surface area contributed by atoms with Gasteiger partial charge >= 0.3 is 0 Å². The van der Waals surface area contributed by atoms with E-state index in [-0.39, 0.29) is 0 Å². The Kier molecular flexibility index (Phi) is 3.70. The molecule has 2 aliphatic rings. The molecule has 2 nitrogen and oxygen atoms in total. The first-order chi connectivity index (χ1) is 11.1. The highest BCUT2D eigenvalue weighted by Gasteiger charge is 2.32. The van der Waals surface area contributed by atoms with Crippen LogP contribution < -0.4 is 0 Å². The summed E-state index contributed by atoms with van der Waals surface area (Å²) in [5, 5.41) is 2.95. The Morgan fingerprint density at radius 3 is 1.96 bits per heavy atom. The van der Waals surface area contributed by atoms with E-state index in [1.165, 1.54) is 78.3 Å². The highest BCUT2D eigenvalue weighted by Crippen LogP contribution is 2.33. The second-order valence-corrected chi connectivity index (χ2v) is 8.44. The van der Waals surface area contributed by atoms with Crippen LogP contribution in [0.2, 0.25) is 0 Å². The van der Waals surface area contributed by atoms with Gasteiger partial charge < -0.3 is 8.97 Å². The quantitative estimate of drug-likeness (QED) is 0.751. The molecule has 0 aliphatic carbocycles. The van der Waals surface area contributed by atoms with Gasteiger partial charge in [-0.2, -0.15) is 0 Å². The van der Waals surface area contributed by atoms with Crippen molar-refractivity contribution in [1.82, 2.24) is 0 Å². The lowest BCUT2D eigenvalue weighted by Gasteiger charge is -2.39. The van der Waals surface area contributed by atoms with E-state index in [1.54, 1.807) is 11.1 Å². The van der Waals surface area contributed by atoms with E-state index in [1.807, 2.05) is 0 Å². The van der Waals surface area contributed by atoms with Gasteiger partial charge in [-0.3, -0.25) is 0 Å². The number of hydrogen-bond donors (Lipinski definition) is 0. The van der Waals surface area contributed by atoms with Gasteiger partial charge in [0, 0.05) is 30.4 Å². The average Bonchev–Trinajstić information content (AvgIpc) is 2.94. The van der Waals surface area contributed by atoms with Gasteiger partial charge in [0.05, 0.1) is 40.3 Å². The third kappa shape index (κ3) is 2.90. The van der Waals surface area contributed by atoms with E-state index in [2.05, 4.69) is 50.5 Å². The summed E-state index contributed by atoms with van der Waals surface area (Å²) in [6.07, 6.45) is 4.21. The Hall–Kier alpha value is -1.38. The maximum atomic E-state index is 2.46. The minimum absolute atomic E-state index is 1.18. The molecule has 0 radical (unpaired) electrons. The molecule has 2 aliphatic heterocycles. The molecule has 0 unspecified atom stereocenters. The molecule has 1 saturated heterocycles. The van der Waals surface area contributed by atoms with Crippen molar-refractivity contribution >= 4 is 10.8 Å². The van der Waals surface area contributed by atoms with Crippen LogP contribution in [-0.2, 0) is 13.1 Å². The van der Waals surface area contributed by atoms with E-state index in [0.29, 0.717) is 0 Å². The first-order valence-corrected chi connectivity index (χ1v) is 9.24. The van der Waals surface area contributed by atoms with Gasteiger partial charge in [-0.1, -0.05) is 36.4 Å². The predicted molar refractivity (Wildman–Crippen MR) is 97.0 cm³/mol. The average molecular weight is 310 g/mol. The summed E-state index contributed by atoms with van der Waals surface area (Å²) in [5.41, 5.74) is 3.10. The highest BCUT2D eigenvalue weighted by molar-refractivity contribution is 5.89. The molecule has 23 heavy (non-hydrogen) atoms. The Balaban J connectivity index is 1.50. The molecule has 0 aromatic heterocycles. The van der Waals surface area contributed by atoms with Crippen molar-refractivity contribution in [1.29, 1.82) is 0 Å². The van der Waals surface area contributed by atoms with Gasteiger partial charge in [0.2, 0.25) is 0 Å². The summed E-state index contributed by atoms with van der Waals surface area (Å²) in [6.45, 7) is 7.84. The zero-order valence-corrected chi connectivity index (χ0v) is 14.7. The van der Waals surface area contributed by atoms with E-state index < -0.39 is 0 Å². The predicted octanol–water partition coefficient (Wildman–Crippen LogP) is 3.93. The highest BCUT2D eigenvalue weighted by atomic mass is 15.4. The van der Waals surface area contributed by atoms with Crippen molar-refractivity contribution in [3.8, 4) is 0 Å². The summed E-state index contributed by atoms with van der Waals surface area (Å²) in [6, 6.07) is 13.7. The zero-order chi connectivity index (χ0) is 15.9. The van der Waals surface area contributed by atoms with Crippen LogP contribution in [0.5, 0.6) is 0 Å². The Labute approximate surface area is 140 Å². The van der Waals surface area contributed by atoms with E-state index in [9.17, 15) is 0 Å². The molecule has 0 bridgehead atoms. The lowest BCUT2D eigenvalue weighted by molar-refractivity contribution is -0.943. The van der Waals surface area contributed by atoms with Crippen LogP contribution in [0.4, 0.5) is 0 Å². The summed E-state index contributed by atoms with van der Waals surface area (Å²) in [4.78, 5) is 0. The number of hydrogen-bond acceptors (Lipinski definition) is 0. The van der Waals surface area contributed by atoms with Gasteiger partial charge in [-0.15, -0.1) is 0 Å². The summed E-state index contributed by atoms with van der Waals surface area (Å²) >= 11 is 0. The fourth-order valence-corrected chi connectivity index (χ4v) is 4.96. The minimum atomic E-state index is 1.18. The van der Waals surface area contributed by atoms with Crippen LogP contribution in [-0.4, -0.2) is 49.2 Å². The second kappa shape index (κ2) is 5.61. The van der Waals surface area contributed by atoms with Gasteiger partial charge in [-0.25, -0.2) is 0 Å². The Morgan fingerprint density at radius 1 is 0.783 bits per heavy atom. The third-order valence-corrected chi connectivity index (χ3v) is 6.22. The molecule has 2 heteroatoms. The van der Waals surface area contributed by atoms with Crippen molar-refractivity contribution < 1.29 is 8.97 Å². The maximum absolute atomic E-state index is 2.46. The Morgan fingerprint density at radius 2 is 1.35 bits per heavy atom. The SMILES string of the molecule is C[N+]1(CCC[N+]2(C)Cc3cccc4cccc(c34)C2)CCCC1. The number of nitrogens with zero attached hydrogens (tertiary/aromatic N) is 2. The van der Waals surface area contributed by atoms with Crippen LogP contribution in [0.3, 0.4) is 0 Å². The molecule has 2 heterocycles. The van der Waals surface area contributed by atoms with Crippen LogP contribution in [0.15, 0.2) is 36.4 Å². The summed E-state index contributed by atoms with van der Waals surface area (Å²) in [7, 11) is 4.91. The van der Waals surface area contributed by atoms with E-state index in [4.69, 9.17) is 0 Å². The van der Waals surface area contributed by atoms with Crippen molar-refractivity contribution in [2.24, 2.45) is 0 Å². The number of rotatable bonds is 4. The molecule has 2 aromatic rings. The van der Waals surface area contributed by atoms with E-state index in [0.717, 1.165) is 0 Å². The molecule has 122 valence electrons. The van der Waals surface area contributed by atoms with Gasteiger partial charge in [0.25, 0.3) is 0 Å². The fraction of sp³-hybridized carbons (Fsp3) is 0.524. The topological polar surface area (TPSA) is 0 Å². The number of quaternary nitrogens is 2. The van der Waals surface area contributed by atoms with Crippen LogP contribution in [0.25, 0.3) is 10.8 Å². The number of likely N-dealkylation sites (tertiary alicyclic amines) is 1. The molecular weight excluding hydrogens is 280 g/mol. The van der Waals surface area contributed by atoms with Crippen molar-refractivity contribution in [2.75, 3.05) is 40.3 Å². The normalized spacial score (nSPS) is 21.7. The molecule has 0 saturated carbocycles. The van der Waals surface area contributed by atoms with Crippen molar-refractivity contribution in [2.45, 2.75) is 32.4 Å². The van der Waals surface area contributed by atoms with Gasteiger partial charge in [-0.05, 0) is 10.8 Å². The minimum Gasteiger partial charge on any atom is -0.326 e. The maximum Gasteiger partial charge on any atom is 0.105 e. The number of benzene rings is 2. The van der Waals surface area contributed by atoms with E-state index >= 15 is 0 Å². The van der Waals surface area contributed by atoms with Crippen molar-refractivity contribution in [3.05, 3.63) is 47.5 Å². The molecule has 1 fully saturated rings. The molecule has 0 amide bonds. The molecule has 0 atom stereocenters. The first-order valence-electron chi connectivity index (χ1n) is 9.24. The molecule has 2 aromatic carbocycles. The lowest BCUT2D eigenvalue weighted by Crippen LogP contribution is -2.48. The molecule has 0 spiro atoms. The van der Waals surface area contributed by atoms with Crippen LogP contribution in [0, 0.1) is 0 Å².